The second kappa shape index (κ2) is 6.27. The van der Waals surface area contributed by atoms with E-state index in [1.807, 2.05) is 54.3 Å². The number of fused-ring (bicyclic) bond motifs is 1. The quantitative estimate of drug-likeness (QED) is 0.577. The Labute approximate surface area is 154 Å². The van der Waals surface area contributed by atoms with Gasteiger partial charge in [-0.2, -0.15) is 0 Å². The van der Waals surface area contributed by atoms with Crippen LogP contribution in [0.4, 0.5) is 10.8 Å². The Morgan fingerprint density at radius 1 is 1.23 bits per heavy atom. The van der Waals surface area contributed by atoms with E-state index in [-0.39, 0.29) is 0 Å². The van der Waals surface area contributed by atoms with Gasteiger partial charge in [0.2, 0.25) is 5.91 Å². The maximum Gasteiger partial charge on any atom is 0.249 e. The third-order valence-electron chi connectivity index (χ3n) is 4.28. The Morgan fingerprint density at radius 3 is 2.88 bits per heavy atom. The Kier molecular flexibility index (Phi) is 3.93. The molecule has 0 radical (unpaired) electrons. The number of thiazole rings is 1. The number of carbonyl (C=O) groups excluding carboxylic acids is 1. The molecule has 0 saturated carbocycles. The fraction of sp³-hybridized carbons (Fsp3) is 0.105. The van der Waals surface area contributed by atoms with Crippen molar-refractivity contribution >= 4 is 39.1 Å². The highest BCUT2D eigenvalue weighted by Gasteiger charge is 2.10. The smallest absolute Gasteiger partial charge is 0.249 e. The summed E-state index contributed by atoms with van der Waals surface area (Å²) in [6.07, 6.45) is 1.80. The van der Waals surface area contributed by atoms with E-state index in [9.17, 15) is 4.79 Å². The van der Waals surface area contributed by atoms with E-state index in [0.717, 1.165) is 38.7 Å². The Morgan fingerprint density at radius 2 is 2.08 bits per heavy atom. The molecule has 1 amide bonds. The number of amides is 1. The molecule has 0 aliphatic rings. The molecule has 7 heteroatoms. The summed E-state index contributed by atoms with van der Waals surface area (Å²) in [5.74, 6) is -0.436. The van der Waals surface area contributed by atoms with Crippen LogP contribution < -0.4 is 11.1 Å². The lowest BCUT2D eigenvalue weighted by Crippen LogP contribution is -2.12. The number of nitrogens with zero attached hydrogens (tertiary/aromatic N) is 3. The Bertz CT molecular complexity index is 1130. The van der Waals surface area contributed by atoms with E-state index in [0.29, 0.717) is 5.56 Å². The first-order chi connectivity index (χ1) is 12.5. The van der Waals surface area contributed by atoms with Gasteiger partial charge in [-0.1, -0.05) is 12.1 Å². The number of aryl methyl sites for hydroxylation is 2. The van der Waals surface area contributed by atoms with Crippen molar-refractivity contribution in [3.8, 4) is 11.3 Å². The minimum atomic E-state index is -0.436. The number of nitrogens with two attached hydrogens (primary N) is 1. The minimum absolute atomic E-state index is 0.436. The summed E-state index contributed by atoms with van der Waals surface area (Å²) in [6, 6.07) is 11.6. The molecule has 2 heterocycles. The number of hydrogen-bond acceptors (Lipinski definition) is 5. The lowest BCUT2D eigenvalue weighted by atomic mass is 10.1. The van der Waals surface area contributed by atoms with Crippen molar-refractivity contribution < 1.29 is 4.79 Å². The Hall–Kier alpha value is -3.19. The molecule has 6 nitrogen and oxygen atoms in total. The molecule has 0 saturated heterocycles. The van der Waals surface area contributed by atoms with Gasteiger partial charge in [0.15, 0.2) is 5.13 Å². The van der Waals surface area contributed by atoms with Gasteiger partial charge in [-0.05, 0) is 36.8 Å². The molecule has 4 aromatic rings. The third kappa shape index (κ3) is 2.93. The van der Waals surface area contributed by atoms with Gasteiger partial charge < -0.3 is 15.6 Å². The van der Waals surface area contributed by atoms with E-state index in [2.05, 4.69) is 15.3 Å². The molecule has 0 aliphatic carbocycles. The van der Waals surface area contributed by atoms with Gasteiger partial charge in [0.1, 0.15) is 0 Å². The van der Waals surface area contributed by atoms with E-state index in [1.165, 1.54) is 11.3 Å². The van der Waals surface area contributed by atoms with Crippen LogP contribution in [-0.4, -0.2) is 20.4 Å². The maximum absolute atomic E-state index is 11.5. The molecule has 3 N–H and O–H groups in total. The van der Waals surface area contributed by atoms with E-state index in [1.54, 1.807) is 12.4 Å². The first-order valence-electron chi connectivity index (χ1n) is 8.06. The van der Waals surface area contributed by atoms with Crippen LogP contribution in [0.1, 0.15) is 15.9 Å². The van der Waals surface area contributed by atoms with Gasteiger partial charge in [-0.25, -0.2) is 9.97 Å². The topological polar surface area (TPSA) is 85.8 Å². The zero-order valence-electron chi connectivity index (χ0n) is 14.4. The van der Waals surface area contributed by atoms with Crippen LogP contribution in [0.2, 0.25) is 0 Å². The van der Waals surface area contributed by atoms with Gasteiger partial charge in [0.25, 0.3) is 0 Å². The van der Waals surface area contributed by atoms with Crippen LogP contribution in [0.3, 0.4) is 0 Å². The maximum atomic E-state index is 11.5. The second-order valence-corrected chi connectivity index (χ2v) is 6.97. The molecule has 4 rings (SSSR count). The number of primary amides is 1. The highest BCUT2D eigenvalue weighted by molar-refractivity contribution is 7.14. The summed E-state index contributed by atoms with van der Waals surface area (Å²) >= 11 is 1.50. The fourth-order valence-electron chi connectivity index (χ4n) is 2.85. The summed E-state index contributed by atoms with van der Waals surface area (Å²) in [5, 5.41) is 5.98. The monoisotopic (exact) mass is 363 g/mol. The first-order valence-corrected chi connectivity index (χ1v) is 8.94. The Balaban J connectivity index is 1.61. The number of benzene rings is 2. The normalized spacial score (nSPS) is 11.0. The van der Waals surface area contributed by atoms with Crippen molar-refractivity contribution in [2.24, 2.45) is 12.8 Å². The van der Waals surface area contributed by atoms with Gasteiger partial charge in [-0.15, -0.1) is 11.3 Å². The molecule has 0 fully saturated rings. The zero-order valence-corrected chi connectivity index (χ0v) is 15.2. The zero-order chi connectivity index (χ0) is 18.3. The first kappa shape index (κ1) is 16.3. The molecule has 2 aromatic heterocycles. The van der Waals surface area contributed by atoms with Gasteiger partial charge in [0.05, 0.1) is 23.1 Å². The summed E-state index contributed by atoms with van der Waals surface area (Å²) in [7, 11) is 1.97. The van der Waals surface area contributed by atoms with Crippen LogP contribution in [0.25, 0.3) is 22.3 Å². The van der Waals surface area contributed by atoms with Crippen molar-refractivity contribution in [2.45, 2.75) is 6.92 Å². The number of carbonyl (C=O) groups is 1. The number of rotatable bonds is 4. The van der Waals surface area contributed by atoms with Crippen LogP contribution in [-0.2, 0) is 7.05 Å². The molecule has 0 atom stereocenters. The standard InChI is InChI=1S/C19H17N5OS/c1-11-3-5-13(8-14(11)18(20)25)22-19-23-16(9-26-19)12-4-6-17-15(7-12)21-10-24(17)2/h3-10H,1-2H3,(H2,20,25)(H,22,23). The molecular formula is C19H17N5OS. The number of anilines is 2. The molecule has 0 bridgehead atoms. The number of aromatic nitrogens is 3. The van der Waals surface area contributed by atoms with Crippen LogP contribution in [0.5, 0.6) is 0 Å². The number of imidazole rings is 1. The summed E-state index contributed by atoms with van der Waals surface area (Å²) in [5.41, 5.74) is 11.5. The summed E-state index contributed by atoms with van der Waals surface area (Å²) < 4.78 is 1.99. The predicted molar refractivity (Wildman–Crippen MR) is 105 cm³/mol. The fourth-order valence-corrected chi connectivity index (χ4v) is 3.59. The van der Waals surface area contributed by atoms with Gasteiger partial charge in [0, 0.05) is 29.2 Å². The van der Waals surface area contributed by atoms with Crippen molar-refractivity contribution in [1.82, 2.24) is 14.5 Å². The number of hydrogen-bond donors (Lipinski definition) is 2. The van der Waals surface area contributed by atoms with Crippen LogP contribution in [0.15, 0.2) is 48.1 Å². The summed E-state index contributed by atoms with van der Waals surface area (Å²) in [4.78, 5) is 20.5. The summed E-state index contributed by atoms with van der Waals surface area (Å²) in [6.45, 7) is 1.86. The molecule has 0 aliphatic heterocycles. The van der Waals surface area contributed by atoms with E-state index in [4.69, 9.17) is 5.73 Å². The highest BCUT2D eigenvalue weighted by atomic mass is 32.1. The van der Waals surface area contributed by atoms with Crippen molar-refractivity contribution in [2.75, 3.05) is 5.32 Å². The van der Waals surface area contributed by atoms with Crippen molar-refractivity contribution in [3.05, 3.63) is 59.2 Å². The largest absolute Gasteiger partial charge is 0.366 e. The van der Waals surface area contributed by atoms with Gasteiger partial charge >= 0.3 is 0 Å². The second-order valence-electron chi connectivity index (χ2n) is 6.12. The predicted octanol–water partition coefficient (Wildman–Crippen LogP) is 3.85. The molecule has 0 unspecified atom stereocenters. The SMILES string of the molecule is Cc1ccc(Nc2nc(-c3ccc4c(c3)ncn4C)cs2)cc1C(N)=O. The van der Waals surface area contributed by atoms with Crippen molar-refractivity contribution in [1.29, 1.82) is 0 Å². The molecular weight excluding hydrogens is 346 g/mol. The van der Waals surface area contributed by atoms with E-state index < -0.39 is 5.91 Å². The average Bonchev–Trinajstić information content (AvgIpc) is 3.23. The molecule has 2 aromatic carbocycles. The molecule has 0 spiro atoms. The van der Waals surface area contributed by atoms with Gasteiger partial charge in [-0.3, -0.25) is 4.79 Å². The highest BCUT2D eigenvalue weighted by Crippen LogP contribution is 2.29. The lowest BCUT2D eigenvalue weighted by Gasteiger charge is -2.06. The van der Waals surface area contributed by atoms with Crippen LogP contribution in [0, 0.1) is 6.92 Å². The number of nitrogens with one attached hydrogen (secondary N) is 1. The van der Waals surface area contributed by atoms with Crippen molar-refractivity contribution in [3.63, 3.8) is 0 Å². The third-order valence-corrected chi connectivity index (χ3v) is 5.04. The van der Waals surface area contributed by atoms with Crippen LogP contribution >= 0.6 is 11.3 Å². The van der Waals surface area contributed by atoms with E-state index >= 15 is 0 Å². The average molecular weight is 363 g/mol. The minimum Gasteiger partial charge on any atom is -0.366 e. The lowest BCUT2D eigenvalue weighted by molar-refractivity contribution is 0.1000. The molecule has 130 valence electrons. The molecule has 26 heavy (non-hydrogen) atoms.